The van der Waals surface area contributed by atoms with E-state index in [-0.39, 0.29) is 18.9 Å². The van der Waals surface area contributed by atoms with Gasteiger partial charge in [0.2, 0.25) is 0 Å². The summed E-state index contributed by atoms with van der Waals surface area (Å²) in [5.41, 5.74) is 3.50. The van der Waals surface area contributed by atoms with Gasteiger partial charge in [0.15, 0.2) is 5.78 Å². The number of carbonyl (C=O) groups is 2. The van der Waals surface area contributed by atoms with E-state index in [1.54, 1.807) is 18.2 Å². The smallest absolute Gasteiger partial charge is 0.328 e. The van der Waals surface area contributed by atoms with Crippen LogP contribution in [0.5, 0.6) is 11.5 Å². The lowest BCUT2D eigenvalue weighted by Gasteiger charge is -2.13. The molecule has 0 amide bonds. The van der Waals surface area contributed by atoms with Crippen LogP contribution in [0.25, 0.3) is 21.7 Å². The van der Waals surface area contributed by atoms with E-state index in [1.807, 2.05) is 114 Å². The number of aliphatic carboxylic acids is 1. The van der Waals surface area contributed by atoms with E-state index in [1.165, 1.54) is 0 Å². The lowest BCUT2D eigenvalue weighted by Crippen LogP contribution is -2.11. The third-order valence-electron chi connectivity index (χ3n) is 7.30. The average molecular weight is 568 g/mol. The van der Waals surface area contributed by atoms with Crippen LogP contribution in [0.3, 0.4) is 0 Å². The predicted octanol–water partition coefficient (Wildman–Crippen LogP) is 7.82. The zero-order chi connectivity index (χ0) is 29.6. The van der Waals surface area contributed by atoms with E-state index in [0.29, 0.717) is 40.3 Å². The van der Waals surface area contributed by atoms with Crippen LogP contribution in [0.2, 0.25) is 0 Å². The number of allylic oxidation sites excluding steroid dienone is 1. The van der Waals surface area contributed by atoms with Crippen molar-refractivity contribution in [3.05, 3.63) is 156 Å². The number of nitrogens with zero attached hydrogens (tertiary/aromatic N) is 1. The molecule has 6 heteroatoms. The predicted molar refractivity (Wildman–Crippen MR) is 168 cm³/mol. The zero-order valence-electron chi connectivity index (χ0n) is 23.4. The highest BCUT2D eigenvalue weighted by Gasteiger charge is 2.24. The van der Waals surface area contributed by atoms with Crippen LogP contribution in [0, 0.1) is 0 Å². The fourth-order valence-corrected chi connectivity index (χ4v) is 5.23. The van der Waals surface area contributed by atoms with Gasteiger partial charge in [0.05, 0.1) is 11.3 Å². The number of aromatic nitrogens is 1. The number of carboxylic acid groups (broad SMARTS) is 1. The number of benzene rings is 5. The molecule has 0 aliphatic heterocycles. The van der Waals surface area contributed by atoms with Gasteiger partial charge in [0, 0.05) is 29.1 Å². The third kappa shape index (κ3) is 6.19. The molecular formula is C37H29NO5. The summed E-state index contributed by atoms with van der Waals surface area (Å²) in [6.07, 6.45) is 2.67. The standard InChI is InChI=1S/C37H29NO5/c39-35(40)16-9-21-38-33-20-19-31(42-24-26-10-3-1-4-11-26)23-32(33)36(37(41)28-13-5-2-6-14-28)34(38)25-43-30-18-17-27-12-7-8-15-29(27)22-30/h1-20,22-23H,21,24-25H2,(H,39,40)/b16-9+. The largest absolute Gasteiger partial charge is 0.489 e. The highest BCUT2D eigenvalue weighted by molar-refractivity contribution is 6.17. The third-order valence-corrected chi connectivity index (χ3v) is 7.30. The van der Waals surface area contributed by atoms with Gasteiger partial charge in [-0.05, 0) is 46.7 Å². The number of hydrogen-bond donors (Lipinski definition) is 1. The maximum absolute atomic E-state index is 14.1. The SMILES string of the molecule is O=C(O)/C=C/Cn1c(COc2ccc3ccccc3c2)c(C(=O)c2ccccc2)c2cc(OCc3ccccc3)ccc21. The Hall–Kier alpha value is -5.62. The number of carboxylic acids is 1. The van der Waals surface area contributed by atoms with Crippen molar-refractivity contribution in [2.75, 3.05) is 0 Å². The van der Waals surface area contributed by atoms with Gasteiger partial charge in [-0.3, -0.25) is 4.79 Å². The highest BCUT2D eigenvalue weighted by Crippen LogP contribution is 2.33. The van der Waals surface area contributed by atoms with Crippen LogP contribution in [0.1, 0.15) is 27.2 Å². The van der Waals surface area contributed by atoms with Crippen LogP contribution >= 0.6 is 0 Å². The summed E-state index contributed by atoms with van der Waals surface area (Å²) in [6, 6.07) is 38.6. The minimum absolute atomic E-state index is 0.0993. The first-order chi connectivity index (χ1) is 21.1. The zero-order valence-corrected chi connectivity index (χ0v) is 23.4. The molecule has 6 nitrogen and oxygen atoms in total. The maximum Gasteiger partial charge on any atom is 0.328 e. The Bertz CT molecular complexity index is 1940. The van der Waals surface area contributed by atoms with Gasteiger partial charge in [0.25, 0.3) is 0 Å². The summed E-state index contributed by atoms with van der Waals surface area (Å²) in [5.74, 6) is 0.103. The van der Waals surface area contributed by atoms with E-state index < -0.39 is 5.97 Å². The Labute approximate surface area is 249 Å². The molecule has 0 spiro atoms. The van der Waals surface area contributed by atoms with Gasteiger partial charge in [0.1, 0.15) is 24.7 Å². The maximum atomic E-state index is 14.1. The van der Waals surface area contributed by atoms with E-state index in [4.69, 9.17) is 9.47 Å². The lowest BCUT2D eigenvalue weighted by atomic mass is 10.00. The van der Waals surface area contributed by atoms with Gasteiger partial charge < -0.3 is 19.1 Å². The molecule has 0 unspecified atom stereocenters. The molecule has 0 aliphatic rings. The van der Waals surface area contributed by atoms with Gasteiger partial charge in [-0.15, -0.1) is 0 Å². The van der Waals surface area contributed by atoms with E-state index in [9.17, 15) is 14.7 Å². The molecule has 1 aromatic heterocycles. The van der Waals surface area contributed by atoms with Crippen molar-refractivity contribution in [3.8, 4) is 11.5 Å². The molecule has 0 bridgehead atoms. The summed E-state index contributed by atoms with van der Waals surface area (Å²) < 4.78 is 14.4. The fourth-order valence-electron chi connectivity index (χ4n) is 5.23. The molecule has 1 heterocycles. The summed E-state index contributed by atoms with van der Waals surface area (Å²) in [6.45, 7) is 0.724. The molecule has 1 N–H and O–H groups in total. The first-order valence-electron chi connectivity index (χ1n) is 14.0. The number of fused-ring (bicyclic) bond motifs is 2. The number of rotatable bonds is 11. The first kappa shape index (κ1) is 27.5. The molecule has 0 saturated heterocycles. The monoisotopic (exact) mass is 567 g/mol. The van der Waals surface area contributed by atoms with Crippen molar-refractivity contribution in [2.45, 2.75) is 19.8 Å². The number of ketones is 1. The number of hydrogen-bond acceptors (Lipinski definition) is 4. The average Bonchev–Trinajstić information content (AvgIpc) is 3.35. The van der Waals surface area contributed by atoms with E-state index in [0.717, 1.165) is 27.9 Å². The van der Waals surface area contributed by atoms with Crippen molar-refractivity contribution < 1.29 is 24.2 Å². The molecule has 212 valence electrons. The Morgan fingerprint density at radius 3 is 2.12 bits per heavy atom. The first-order valence-corrected chi connectivity index (χ1v) is 14.0. The van der Waals surface area contributed by atoms with Crippen molar-refractivity contribution in [2.24, 2.45) is 0 Å². The van der Waals surface area contributed by atoms with Crippen LogP contribution in [0.15, 0.2) is 133 Å². The van der Waals surface area contributed by atoms with Gasteiger partial charge in [-0.25, -0.2) is 4.79 Å². The Kier molecular flexibility index (Phi) is 8.00. The second kappa shape index (κ2) is 12.5. The van der Waals surface area contributed by atoms with Crippen molar-refractivity contribution in [3.63, 3.8) is 0 Å². The van der Waals surface area contributed by atoms with Crippen LogP contribution in [-0.4, -0.2) is 21.4 Å². The molecule has 43 heavy (non-hydrogen) atoms. The normalized spacial score (nSPS) is 11.3. The van der Waals surface area contributed by atoms with Gasteiger partial charge in [-0.2, -0.15) is 0 Å². The molecule has 6 rings (SSSR count). The van der Waals surface area contributed by atoms with Crippen molar-refractivity contribution in [1.29, 1.82) is 0 Å². The van der Waals surface area contributed by atoms with Crippen LogP contribution < -0.4 is 9.47 Å². The molecule has 0 aliphatic carbocycles. The van der Waals surface area contributed by atoms with Crippen LogP contribution in [0.4, 0.5) is 0 Å². The lowest BCUT2D eigenvalue weighted by molar-refractivity contribution is -0.131. The second-order valence-corrected chi connectivity index (χ2v) is 10.1. The number of ether oxygens (including phenoxy) is 2. The summed E-state index contributed by atoms with van der Waals surface area (Å²) in [4.78, 5) is 25.4. The highest BCUT2D eigenvalue weighted by atomic mass is 16.5. The van der Waals surface area contributed by atoms with Crippen molar-refractivity contribution in [1.82, 2.24) is 4.57 Å². The summed E-state index contributed by atoms with van der Waals surface area (Å²) in [7, 11) is 0. The summed E-state index contributed by atoms with van der Waals surface area (Å²) >= 11 is 0. The molecule has 0 fully saturated rings. The van der Waals surface area contributed by atoms with Crippen molar-refractivity contribution >= 4 is 33.4 Å². The van der Waals surface area contributed by atoms with Crippen LogP contribution in [-0.2, 0) is 24.6 Å². The second-order valence-electron chi connectivity index (χ2n) is 10.1. The topological polar surface area (TPSA) is 77.8 Å². The van der Waals surface area contributed by atoms with Gasteiger partial charge in [-0.1, -0.05) is 97.1 Å². The molecule has 0 radical (unpaired) electrons. The summed E-state index contributed by atoms with van der Waals surface area (Å²) in [5, 5.41) is 12.1. The van der Waals surface area contributed by atoms with E-state index in [2.05, 4.69) is 0 Å². The molecule has 6 aromatic rings. The number of carbonyl (C=O) groups excluding carboxylic acids is 1. The Morgan fingerprint density at radius 2 is 1.35 bits per heavy atom. The molecule has 0 atom stereocenters. The molecule has 5 aromatic carbocycles. The van der Waals surface area contributed by atoms with Gasteiger partial charge >= 0.3 is 5.97 Å². The van der Waals surface area contributed by atoms with E-state index >= 15 is 0 Å². The fraction of sp³-hybridized carbons (Fsp3) is 0.0811. The minimum atomic E-state index is -1.04. The Morgan fingerprint density at radius 1 is 0.698 bits per heavy atom. The molecular weight excluding hydrogens is 538 g/mol. The quantitative estimate of drug-likeness (QED) is 0.128. The minimum Gasteiger partial charge on any atom is -0.489 e. The Balaban J connectivity index is 1.45. The molecule has 0 saturated carbocycles.